The summed E-state index contributed by atoms with van der Waals surface area (Å²) in [6, 6.07) is 18.4. The van der Waals surface area contributed by atoms with Gasteiger partial charge in [0, 0.05) is 11.3 Å². The Morgan fingerprint density at radius 3 is 2.28 bits per heavy atom. The lowest BCUT2D eigenvalue weighted by molar-refractivity contribution is -0.137. The number of benzene rings is 3. The van der Waals surface area contributed by atoms with E-state index in [0.717, 1.165) is 23.4 Å². The highest BCUT2D eigenvalue weighted by Gasteiger charge is 2.30. The third-order valence-corrected chi connectivity index (χ3v) is 6.43. The van der Waals surface area contributed by atoms with Crippen LogP contribution in [0.1, 0.15) is 21.6 Å². The number of oxazole rings is 1. The zero-order chi connectivity index (χ0) is 31.0. The fourth-order valence-corrected chi connectivity index (χ4v) is 4.26. The fourth-order valence-electron chi connectivity index (χ4n) is 4.26. The van der Waals surface area contributed by atoms with Crippen molar-refractivity contribution in [2.24, 2.45) is 0 Å². The Balaban J connectivity index is 1.37. The highest BCUT2D eigenvalue weighted by atomic mass is 19.4. The van der Waals surface area contributed by atoms with Crippen molar-refractivity contribution in [1.82, 2.24) is 9.88 Å². The molecule has 0 aliphatic rings. The van der Waals surface area contributed by atoms with E-state index in [9.17, 15) is 38.1 Å². The van der Waals surface area contributed by atoms with Crippen LogP contribution < -0.4 is 10.1 Å². The Bertz CT molecular complexity index is 1490. The number of anilines is 1. The number of halogens is 3. The molecular weight excluding hydrogens is 571 g/mol. The molecule has 0 aliphatic heterocycles. The lowest BCUT2D eigenvalue weighted by Gasteiger charge is -2.30. The van der Waals surface area contributed by atoms with Crippen LogP contribution in [0.15, 0.2) is 89.7 Å². The molecule has 0 radical (unpaired) electrons. The van der Waals surface area contributed by atoms with Crippen molar-refractivity contribution in [3.8, 4) is 17.1 Å². The first-order chi connectivity index (χ1) is 20.5. The molecule has 4 rings (SSSR count). The third-order valence-electron chi connectivity index (χ3n) is 6.43. The number of hydrogen-bond donors (Lipinski definition) is 4. The maximum atomic E-state index is 12.9. The van der Waals surface area contributed by atoms with Gasteiger partial charge in [0.1, 0.15) is 18.5 Å². The van der Waals surface area contributed by atoms with Gasteiger partial charge in [-0.3, -0.25) is 4.79 Å². The average Bonchev–Trinajstić information content (AvgIpc) is 3.49. The van der Waals surface area contributed by atoms with Gasteiger partial charge in [-0.25, -0.2) is 9.78 Å². The maximum absolute atomic E-state index is 12.9. The van der Waals surface area contributed by atoms with Crippen LogP contribution in [0.4, 0.5) is 23.7 Å². The summed E-state index contributed by atoms with van der Waals surface area (Å²) >= 11 is 0. The SMILES string of the molecule is O=C(Nc1ccc(C[C@@H](CO)N(C[C@H](O)COc2ccccc2)C(=O)O)cc1)c1ncoc1-c1ccc(C(F)(F)F)cc1. The van der Waals surface area contributed by atoms with Gasteiger partial charge >= 0.3 is 12.3 Å². The highest BCUT2D eigenvalue weighted by molar-refractivity contribution is 6.06. The summed E-state index contributed by atoms with van der Waals surface area (Å²) in [5.41, 5.74) is 0.270. The van der Waals surface area contributed by atoms with Gasteiger partial charge in [-0.15, -0.1) is 0 Å². The Morgan fingerprint density at radius 2 is 1.67 bits per heavy atom. The molecule has 10 nitrogen and oxygen atoms in total. The molecule has 43 heavy (non-hydrogen) atoms. The number of aromatic nitrogens is 1. The molecule has 13 heteroatoms. The van der Waals surface area contributed by atoms with Gasteiger partial charge in [-0.2, -0.15) is 13.2 Å². The van der Waals surface area contributed by atoms with E-state index in [1.54, 1.807) is 54.6 Å². The van der Waals surface area contributed by atoms with Crippen molar-refractivity contribution in [1.29, 1.82) is 0 Å². The normalized spacial score (nSPS) is 12.8. The molecule has 1 aromatic heterocycles. The minimum absolute atomic E-state index is 0.00116. The number of hydrogen-bond acceptors (Lipinski definition) is 7. The van der Waals surface area contributed by atoms with E-state index in [1.807, 2.05) is 0 Å². The summed E-state index contributed by atoms with van der Waals surface area (Å²) < 4.78 is 49.4. The number of carbonyl (C=O) groups excluding carboxylic acids is 1. The summed E-state index contributed by atoms with van der Waals surface area (Å²) in [7, 11) is 0. The Labute approximate surface area is 244 Å². The van der Waals surface area contributed by atoms with Gasteiger partial charge in [0.05, 0.1) is 24.8 Å². The van der Waals surface area contributed by atoms with E-state index in [2.05, 4.69) is 10.3 Å². The van der Waals surface area contributed by atoms with Gasteiger partial charge < -0.3 is 34.7 Å². The molecule has 0 saturated carbocycles. The Morgan fingerprint density at radius 1 is 1.00 bits per heavy atom. The van der Waals surface area contributed by atoms with Crippen LogP contribution in [-0.4, -0.2) is 69.1 Å². The minimum Gasteiger partial charge on any atom is -0.491 e. The van der Waals surface area contributed by atoms with E-state index >= 15 is 0 Å². The molecule has 0 unspecified atom stereocenters. The van der Waals surface area contributed by atoms with Crippen LogP contribution >= 0.6 is 0 Å². The second-order valence-electron chi connectivity index (χ2n) is 9.51. The number of para-hydroxylation sites is 1. The van der Waals surface area contributed by atoms with E-state index < -0.39 is 42.5 Å². The monoisotopic (exact) mass is 599 g/mol. The van der Waals surface area contributed by atoms with Crippen molar-refractivity contribution in [3.05, 3.63) is 102 Å². The van der Waals surface area contributed by atoms with Crippen molar-refractivity contribution in [3.63, 3.8) is 0 Å². The van der Waals surface area contributed by atoms with E-state index in [-0.39, 0.29) is 36.6 Å². The molecule has 0 bridgehead atoms. The predicted molar refractivity (Wildman–Crippen MR) is 149 cm³/mol. The number of carbonyl (C=O) groups is 2. The summed E-state index contributed by atoms with van der Waals surface area (Å²) in [4.78, 5) is 29.6. The first-order valence-electron chi connectivity index (χ1n) is 13.0. The predicted octanol–water partition coefficient (Wildman–Crippen LogP) is 4.94. The smallest absolute Gasteiger partial charge is 0.416 e. The number of alkyl halides is 3. The number of rotatable bonds is 12. The third kappa shape index (κ3) is 8.33. The largest absolute Gasteiger partial charge is 0.491 e. The molecule has 0 fully saturated rings. The maximum Gasteiger partial charge on any atom is 0.416 e. The van der Waals surface area contributed by atoms with Crippen LogP contribution in [0.3, 0.4) is 0 Å². The first kappa shape index (κ1) is 31.1. The summed E-state index contributed by atoms with van der Waals surface area (Å²) in [6.07, 6.45) is -5.84. The van der Waals surface area contributed by atoms with Crippen molar-refractivity contribution < 1.29 is 47.2 Å². The summed E-state index contributed by atoms with van der Waals surface area (Å²) in [5.74, 6) is -0.138. The zero-order valence-electron chi connectivity index (χ0n) is 22.6. The van der Waals surface area contributed by atoms with Gasteiger partial charge in [0.15, 0.2) is 17.8 Å². The quantitative estimate of drug-likeness (QED) is 0.179. The second-order valence-corrected chi connectivity index (χ2v) is 9.51. The van der Waals surface area contributed by atoms with E-state index in [4.69, 9.17) is 9.15 Å². The minimum atomic E-state index is -4.51. The molecule has 0 aliphatic carbocycles. The van der Waals surface area contributed by atoms with Gasteiger partial charge in [0.2, 0.25) is 0 Å². The van der Waals surface area contributed by atoms with Gasteiger partial charge in [0.25, 0.3) is 5.91 Å². The van der Waals surface area contributed by atoms with Crippen LogP contribution in [0, 0.1) is 0 Å². The van der Waals surface area contributed by atoms with Gasteiger partial charge in [-0.1, -0.05) is 42.5 Å². The van der Waals surface area contributed by atoms with Crippen LogP contribution in [-0.2, 0) is 12.6 Å². The van der Waals surface area contributed by atoms with E-state index in [1.165, 1.54) is 12.1 Å². The van der Waals surface area contributed by atoms with Gasteiger partial charge in [-0.05, 0) is 48.4 Å². The molecule has 4 N–H and O–H groups in total. The number of ether oxygens (including phenoxy) is 1. The Hall–Kier alpha value is -4.88. The average molecular weight is 600 g/mol. The Kier molecular flexibility index (Phi) is 10.0. The summed E-state index contributed by atoms with van der Waals surface area (Å²) in [6.45, 7) is -0.942. The molecule has 2 atom stereocenters. The number of nitrogens with zero attached hydrogens (tertiary/aromatic N) is 2. The van der Waals surface area contributed by atoms with Crippen molar-refractivity contribution in [2.75, 3.05) is 25.1 Å². The number of aliphatic hydroxyl groups excluding tert-OH is 2. The van der Waals surface area contributed by atoms with Crippen molar-refractivity contribution >= 4 is 17.7 Å². The lowest BCUT2D eigenvalue weighted by Crippen LogP contribution is -2.48. The molecule has 1 heterocycles. The number of nitrogens with one attached hydrogen (secondary N) is 1. The van der Waals surface area contributed by atoms with Crippen LogP contribution in [0.5, 0.6) is 5.75 Å². The molecular formula is C30H28F3N3O7. The standard InChI is InChI=1S/C30H28F3N3O7/c31-30(32,33)21-10-8-20(9-11-21)27-26(34-18-43-27)28(39)35-22-12-6-19(7-13-22)14-23(16-37)36(29(40)41)15-24(38)17-42-25-4-2-1-3-5-25/h1-13,18,23-24,37-38H,14-17H2,(H,35,39)(H,40,41)/t23-,24-/m0/s1. The second kappa shape index (κ2) is 13.9. The first-order valence-corrected chi connectivity index (χ1v) is 13.0. The molecule has 2 amide bonds. The zero-order valence-corrected chi connectivity index (χ0v) is 22.6. The number of carboxylic acid groups (broad SMARTS) is 1. The lowest BCUT2D eigenvalue weighted by atomic mass is 10.0. The topological polar surface area (TPSA) is 145 Å². The number of amides is 2. The molecule has 226 valence electrons. The molecule has 0 spiro atoms. The number of aliphatic hydroxyl groups is 2. The summed E-state index contributed by atoms with van der Waals surface area (Å²) in [5, 5.41) is 32.7. The van der Waals surface area contributed by atoms with E-state index in [0.29, 0.717) is 17.0 Å². The molecule has 4 aromatic rings. The van der Waals surface area contributed by atoms with Crippen LogP contribution in [0.25, 0.3) is 11.3 Å². The fraction of sp³-hybridized carbons (Fsp3) is 0.233. The van der Waals surface area contributed by atoms with Crippen molar-refractivity contribution in [2.45, 2.75) is 24.7 Å². The van der Waals surface area contributed by atoms with Crippen LogP contribution in [0.2, 0.25) is 0 Å². The molecule has 3 aromatic carbocycles. The molecule has 0 saturated heterocycles. The highest BCUT2D eigenvalue weighted by Crippen LogP contribution is 2.32.